The molecule has 0 unspecified atom stereocenters. The van der Waals surface area contributed by atoms with Crippen LogP contribution in [0.25, 0.3) is 17.0 Å². The summed E-state index contributed by atoms with van der Waals surface area (Å²) in [5, 5.41) is 2.77. The standard InChI is InChI=1S/C20H11Cl2F3N4O.ClH/c21-11-5-3-6-12(22)15(11)19(30)27-14-8-4-10-29-16(13-7-1-2-9-26-13)17(20(23,24)25)28-18(14)29;/h1-10H,(H,27,30);1H. The lowest BCUT2D eigenvalue weighted by Gasteiger charge is -2.10. The highest BCUT2D eigenvalue weighted by molar-refractivity contribution is 6.40. The number of hydrogen-bond donors (Lipinski definition) is 1. The number of aromatic nitrogens is 3. The largest absolute Gasteiger partial charge is 0.435 e. The van der Waals surface area contributed by atoms with Gasteiger partial charge in [0.2, 0.25) is 0 Å². The molecule has 3 aromatic heterocycles. The van der Waals surface area contributed by atoms with E-state index in [1.54, 1.807) is 18.2 Å². The van der Waals surface area contributed by atoms with E-state index in [-0.39, 0.29) is 50.7 Å². The van der Waals surface area contributed by atoms with Crippen LogP contribution in [-0.2, 0) is 6.18 Å². The normalized spacial score (nSPS) is 11.3. The Bertz CT molecular complexity index is 1240. The highest BCUT2D eigenvalue weighted by Gasteiger charge is 2.39. The summed E-state index contributed by atoms with van der Waals surface area (Å²) >= 11 is 12.1. The zero-order valence-corrected chi connectivity index (χ0v) is 17.6. The van der Waals surface area contributed by atoms with E-state index in [0.29, 0.717) is 0 Å². The predicted octanol–water partition coefficient (Wildman–Crippen LogP) is 6.40. The molecular formula is C20H12Cl3F3N4O. The highest BCUT2D eigenvalue weighted by atomic mass is 35.5. The topological polar surface area (TPSA) is 59.3 Å². The SMILES string of the molecule is Cl.O=C(Nc1cccn2c(-c3ccccn3)c(C(F)(F)F)nc12)c1c(Cl)cccc1Cl. The second-order valence-corrected chi connectivity index (χ2v) is 7.00. The summed E-state index contributed by atoms with van der Waals surface area (Å²) in [6.45, 7) is 0. The third kappa shape index (κ3) is 4.32. The van der Waals surface area contributed by atoms with Gasteiger partial charge in [-0.05, 0) is 36.4 Å². The first-order valence-electron chi connectivity index (χ1n) is 8.52. The van der Waals surface area contributed by atoms with Crippen molar-refractivity contribution in [3.63, 3.8) is 0 Å². The number of anilines is 1. The average Bonchev–Trinajstić information content (AvgIpc) is 3.10. The number of pyridine rings is 2. The van der Waals surface area contributed by atoms with Crippen LogP contribution in [0.2, 0.25) is 10.0 Å². The van der Waals surface area contributed by atoms with E-state index in [0.717, 1.165) is 0 Å². The Kier molecular flexibility index (Phi) is 6.45. The van der Waals surface area contributed by atoms with Gasteiger partial charge in [-0.2, -0.15) is 13.2 Å². The van der Waals surface area contributed by atoms with E-state index < -0.39 is 17.8 Å². The number of hydrogen-bond acceptors (Lipinski definition) is 3. The van der Waals surface area contributed by atoms with Crippen LogP contribution in [-0.4, -0.2) is 20.3 Å². The zero-order chi connectivity index (χ0) is 21.5. The van der Waals surface area contributed by atoms with Gasteiger partial charge in [0, 0.05) is 12.4 Å². The maximum atomic E-state index is 13.7. The van der Waals surface area contributed by atoms with E-state index in [1.807, 2.05) is 0 Å². The second-order valence-electron chi connectivity index (χ2n) is 6.19. The Morgan fingerprint density at radius 3 is 2.32 bits per heavy atom. The summed E-state index contributed by atoms with van der Waals surface area (Å²) in [5.41, 5.74) is -1.28. The molecule has 4 rings (SSSR count). The number of nitrogens with zero attached hydrogens (tertiary/aromatic N) is 3. The Balaban J connectivity index is 0.00000272. The lowest BCUT2D eigenvalue weighted by atomic mass is 10.2. The van der Waals surface area contributed by atoms with Crippen LogP contribution in [0.5, 0.6) is 0 Å². The molecule has 31 heavy (non-hydrogen) atoms. The number of amides is 1. The Labute approximate surface area is 190 Å². The average molecular weight is 488 g/mol. The number of benzene rings is 1. The summed E-state index contributed by atoms with van der Waals surface area (Å²) in [6.07, 6.45) is -1.92. The third-order valence-corrected chi connectivity index (χ3v) is 4.89. The number of nitrogens with one attached hydrogen (secondary N) is 1. The molecule has 0 saturated heterocycles. The van der Waals surface area contributed by atoms with Gasteiger partial charge in [-0.1, -0.05) is 35.3 Å². The van der Waals surface area contributed by atoms with Gasteiger partial charge in [-0.3, -0.25) is 14.2 Å². The molecular weight excluding hydrogens is 476 g/mol. The van der Waals surface area contributed by atoms with Crippen molar-refractivity contribution in [3.05, 3.63) is 82.2 Å². The molecule has 0 aliphatic rings. The second kappa shape index (κ2) is 8.74. The number of fused-ring (bicyclic) bond motifs is 1. The molecule has 0 aliphatic heterocycles. The summed E-state index contributed by atoms with van der Waals surface area (Å²) in [7, 11) is 0. The Morgan fingerprint density at radius 2 is 1.71 bits per heavy atom. The Hall–Kier alpha value is -2.81. The number of halogens is 6. The summed E-state index contributed by atoms with van der Waals surface area (Å²) < 4.78 is 42.4. The molecule has 5 nitrogen and oxygen atoms in total. The van der Waals surface area contributed by atoms with Gasteiger partial charge >= 0.3 is 6.18 Å². The van der Waals surface area contributed by atoms with Gasteiger partial charge in [0.05, 0.1) is 27.0 Å². The third-order valence-electron chi connectivity index (χ3n) is 4.26. The summed E-state index contributed by atoms with van der Waals surface area (Å²) in [4.78, 5) is 20.5. The lowest BCUT2D eigenvalue weighted by Crippen LogP contribution is -2.14. The van der Waals surface area contributed by atoms with Crippen LogP contribution >= 0.6 is 35.6 Å². The van der Waals surface area contributed by atoms with Gasteiger partial charge in [0.15, 0.2) is 11.3 Å². The Morgan fingerprint density at radius 1 is 1.00 bits per heavy atom. The molecule has 0 aliphatic carbocycles. The van der Waals surface area contributed by atoms with Crippen LogP contribution in [0.1, 0.15) is 16.1 Å². The molecule has 0 fully saturated rings. The van der Waals surface area contributed by atoms with E-state index in [9.17, 15) is 18.0 Å². The highest BCUT2D eigenvalue weighted by Crippen LogP contribution is 2.38. The van der Waals surface area contributed by atoms with Gasteiger partial charge in [-0.15, -0.1) is 12.4 Å². The minimum absolute atomic E-state index is 0. The molecule has 0 spiro atoms. The van der Waals surface area contributed by atoms with Gasteiger partial charge < -0.3 is 5.32 Å². The number of carbonyl (C=O) groups excluding carboxylic acids is 1. The zero-order valence-electron chi connectivity index (χ0n) is 15.3. The van der Waals surface area contributed by atoms with Crippen molar-refractivity contribution in [1.29, 1.82) is 0 Å². The summed E-state index contributed by atoms with van der Waals surface area (Å²) in [6, 6.07) is 12.1. The first-order chi connectivity index (χ1) is 14.3. The predicted molar refractivity (Wildman–Crippen MR) is 115 cm³/mol. The molecule has 1 aromatic carbocycles. The molecule has 0 radical (unpaired) electrons. The van der Waals surface area contributed by atoms with E-state index in [2.05, 4.69) is 15.3 Å². The number of imidazole rings is 1. The van der Waals surface area contributed by atoms with Gasteiger partial charge in [0.25, 0.3) is 5.91 Å². The van der Waals surface area contributed by atoms with Crippen molar-refractivity contribution in [2.75, 3.05) is 5.32 Å². The number of carbonyl (C=O) groups is 1. The van der Waals surface area contributed by atoms with Crippen molar-refractivity contribution >= 4 is 52.9 Å². The van der Waals surface area contributed by atoms with Gasteiger partial charge in [-0.25, -0.2) is 4.98 Å². The smallest absolute Gasteiger partial charge is 0.319 e. The first kappa shape index (κ1) is 22.9. The molecule has 0 saturated carbocycles. The molecule has 0 bridgehead atoms. The molecule has 1 N–H and O–H groups in total. The monoisotopic (exact) mass is 486 g/mol. The summed E-state index contributed by atoms with van der Waals surface area (Å²) in [5.74, 6) is -0.672. The fraction of sp³-hybridized carbons (Fsp3) is 0.0500. The number of rotatable bonds is 3. The van der Waals surface area contributed by atoms with Crippen molar-refractivity contribution in [3.8, 4) is 11.4 Å². The quantitative estimate of drug-likeness (QED) is 0.364. The molecule has 0 atom stereocenters. The molecule has 160 valence electrons. The van der Waals surface area contributed by atoms with Crippen molar-refractivity contribution < 1.29 is 18.0 Å². The van der Waals surface area contributed by atoms with Crippen molar-refractivity contribution in [2.45, 2.75) is 6.18 Å². The van der Waals surface area contributed by atoms with Gasteiger partial charge in [0.1, 0.15) is 5.69 Å². The number of alkyl halides is 3. The van der Waals surface area contributed by atoms with Crippen LogP contribution in [0.15, 0.2) is 60.9 Å². The molecule has 3 heterocycles. The van der Waals surface area contributed by atoms with Crippen LogP contribution in [0.3, 0.4) is 0 Å². The van der Waals surface area contributed by atoms with Crippen LogP contribution < -0.4 is 5.32 Å². The van der Waals surface area contributed by atoms with E-state index in [4.69, 9.17) is 23.2 Å². The molecule has 1 amide bonds. The minimum atomic E-state index is -4.73. The fourth-order valence-corrected chi connectivity index (χ4v) is 3.58. The van der Waals surface area contributed by atoms with Crippen LogP contribution in [0, 0.1) is 0 Å². The fourth-order valence-electron chi connectivity index (χ4n) is 3.01. The van der Waals surface area contributed by atoms with E-state index in [1.165, 1.54) is 47.1 Å². The van der Waals surface area contributed by atoms with Crippen molar-refractivity contribution in [2.24, 2.45) is 0 Å². The minimum Gasteiger partial charge on any atom is -0.319 e. The maximum absolute atomic E-state index is 13.7. The maximum Gasteiger partial charge on any atom is 0.435 e. The molecule has 11 heteroatoms. The van der Waals surface area contributed by atoms with Crippen molar-refractivity contribution in [1.82, 2.24) is 14.4 Å². The molecule has 4 aromatic rings. The van der Waals surface area contributed by atoms with Crippen LogP contribution in [0.4, 0.5) is 18.9 Å². The van der Waals surface area contributed by atoms with E-state index >= 15 is 0 Å². The first-order valence-corrected chi connectivity index (χ1v) is 9.28. The lowest BCUT2D eigenvalue weighted by molar-refractivity contribution is -0.140.